The van der Waals surface area contributed by atoms with Crippen LogP contribution in [-0.4, -0.2) is 20.7 Å². The maximum absolute atomic E-state index is 14.4. The van der Waals surface area contributed by atoms with Crippen molar-refractivity contribution in [3.63, 3.8) is 0 Å². The van der Waals surface area contributed by atoms with Crippen LogP contribution in [0.2, 0.25) is 0 Å². The molecule has 2 aromatic carbocycles. The number of carbonyl (C=O) groups is 1. The van der Waals surface area contributed by atoms with Gasteiger partial charge in [0.25, 0.3) is 5.56 Å². The second-order valence-electron chi connectivity index (χ2n) is 7.08. The van der Waals surface area contributed by atoms with Crippen molar-refractivity contribution in [1.29, 1.82) is 0 Å². The zero-order chi connectivity index (χ0) is 22.7. The lowest BCUT2D eigenvalue weighted by Crippen LogP contribution is -2.18. The Morgan fingerprint density at radius 3 is 2.53 bits per heavy atom. The minimum absolute atomic E-state index is 0.0209. The predicted molar refractivity (Wildman–Crippen MR) is 113 cm³/mol. The molecule has 2 aromatic heterocycles. The predicted octanol–water partition coefficient (Wildman–Crippen LogP) is 3.28. The van der Waals surface area contributed by atoms with Crippen LogP contribution in [-0.2, 0) is 13.0 Å². The van der Waals surface area contributed by atoms with Crippen LogP contribution in [0.1, 0.15) is 28.2 Å². The largest absolute Gasteiger partial charge is 0.485 e. The number of Topliss-reactive ketones (excluding diaryl/α,β-unsaturated/α-hetero) is 1. The molecule has 0 aliphatic heterocycles. The average Bonchev–Trinajstić information content (AvgIpc) is 2.78. The molecular weight excluding hydrogens is 420 g/mol. The number of rotatable bonds is 7. The number of aromatic amines is 2. The minimum atomic E-state index is -0.764. The van der Waals surface area contributed by atoms with E-state index < -0.39 is 23.0 Å². The van der Waals surface area contributed by atoms with Crippen molar-refractivity contribution < 1.29 is 18.3 Å². The van der Waals surface area contributed by atoms with E-state index >= 15 is 0 Å². The molecule has 9 heteroatoms. The molecular formula is C23H17F2N3O4. The Labute approximate surface area is 179 Å². The summed E-state index contributed by atoms with van der Waals surface area (Å²) < 4.78 is 33.0. The van der Waals surface area contributed by atoms with Crippen LogP contribution in [0, 0.1) is 11.6 Å². The van der Waals surface area contributed by atoms with Gasteiger partial charge in [-0.15, -0.1) is 0 Å². The number of ketones is 1. The van der Waals surface area contributed by atoms with Gasteiger partial charge in [0.2, 0.25) is 5.56 Å². The number of nitrogens with zero attached hydrogens (tertiary/aromatic N) is 1. The number of aromatic nitrogens is 3. The number of fused-ring (bicyclic) bond motifs is 1. The maximum atomic E-state index is 14.4. The third-order valence-electron chi connectivity index (χ3n) is 4.82. The van der Waals surface area contributed by atoms with Gasteiger partial charge in [-0.3, -0.25) is 14.4 Å². The number of nitrogens with one attached hydrogen (secondary N) is 2. The van der Waals surface area contributed by atoms with Gasteiger partial charge >= 0.3 is 0 Å². The number of ether oxygens (including phenoxy) is 1. The summed E-state index contributed by atoms with van der Waals surface area (Å²) in [4.78, 5) is 45.6. The lowest BCUT2D eigenvalue weighted by atomic mass is 10.1. The molecule has 0 saturated heterocycles. The first-order valence-corrected chi connectivity index (χ1v) is 9.71. The highest BCUT2D eigenvalue weighted by Gasteiger charge is 2.18. The number of hydrogen-bond donors (Lipinski definition) is 2. The highest BCUT2D eigenvalue weighted by Crippen LogP contribution is 2.26. The van der Waals surface area contributed by atoms with Crippen molar-refractivity contribution in [3.8, 4) is 5.75 Å². The van der Waals surface area contributed by atoms with Crippen LogP contribution in [0.25, 0.3) is 10.9 Å². The van der Waals surface area contributed by atoms with Gasteiger partial charge < -0.3 is 14.7 Å². The zero-order valence-corrected chi connectivity index (χ0v) is 16.7. The van der Waals surface area contributed by atoms with E-state index in [0.717, 1.165) is 6.07 Å². The van der Waals surface area contributed by atoms with Crippen molar-refractivity contribution in [2.24, 2.45) is 0 Å². The topological polar surface area (TPSA) is 105 Å². The van der Waals surface area contributed by atoms with Crippen molar-refractivity contribution in [2.75, 3.05) is 0 Å². The van der Waals surface area contributed by atoms with Crippen LogP contribution in [0.4, 0.5) is 8.78 Å². The van der Waals surface area contributed by atoms with Crippen LogP contribution in [0.15, 0.2) is 64.3 Å². The molecule has 0 saturated carbocycles. The Balaban J connectivity index is 1.58. The maximum Gasteiger partial charge on any atom is 0.263 e. The highest BCUT2D eigenvalue weighted by molar-refractivity contribution is 5.95. The van der Waals surface area contributed by atoms with Crippen LogP contribution < -0.4 is 15.9 Å². The lowest BCUT2D eigenvalue weighted by Gasteiger charge is -2.10. The molecule has 0 aliphatic rings. The van der Waals surface area contributed by atoms with Gasteiger partial charge in [0, 0.05) is 18.7 Å². The van der Waals surface area contributed by atoms with Gasteiger partial charge in [0.15, 0.2) is 23.2 Å². The standard InChI is InChI=1S/C23H17F2N3O4/c24-15-4-1-14(2-5-15)12-32-21-16(25)6-7-17-20(21)23(31)28-22(27-17)18(29)8-3-13-9-10-26-19(30)11-13/h1-2,4-7,9-11H,3,8,12H2,(H,26,30)(H,27,28,31). The molecule has 0 amide bonds. The monoisotopic (exact) mass is 437 g/mol. The summed E-state index contributed by atoms with van der Waals surface area (Å²) in [5, 5.41) is -0.127. The molecule has 162 valence electrons. The summed E-state index contributed by atoms with van der Waals surface area (Å²) in [5.74, 6) is -2.07. The molecule has 2 N–H and O–H groups in total. The molecule has 0 unspecified atom stereocenters. The van der Waals surface area contributed by atoms with Crippen LogP contribution in [0.3, 0.4) is 0 Å². The fourth-order valence-corrected chi connectivity index (χ4v) is 3.21. The molecule has 0 aliphatic carbocycles. The molecule has 0 bridgehead atoms. The first-order valence-electron chi connectivity index (χ1n) is 9.71. The summed E-state index contributed by atoms with van der Waals surface area (Å²) in [6.45, 7) is -0.0906. The Bertz CT molecular complexity index is 1410. The highest BCUT2D eigenvalue weighted by atomic mass is 19.1. The van der Waals surface area contributed by atoms with E-state index in [-0.39, 0.29) is 41.1 Å². The fourth-order valence-electron chi connectivity index (χ4n) is 3.21. The zero-order valence-electron chi connectivity index (χ0n) is 16.7. The number of pyridine rings is 1. The number of carbonyl (C=O) groups excluding carboxylic acids is 1. The minimum Gasteiger partial charge on any atom is -0.485 e. The molecule has 0 fully saturated rings. The van der Waals surface area contributed by atoms with Gasteiger partial charge in [-0.2, -0.15) is 0 Å². The van der Waals surface area contributed by atoms with Crippen molar-refractivity contribution >= 4 is 16.7 Å². The fraction of sp³-hybridized carbons (Fsp3) is 0.130. The third kappa shape index (κ3) is 4.61. The van der Waals surface area contributed by atoms with Gasteiger partial charge in [0.05, 0.1) is 5.52 Å². The van der Waals surface area contributed by atoms with E-state index in [1.165, 1.54) is 42.6 Å². The second-order valence-corrected chi connectivity index (χ2v) is 7.08. The molecule has 2 heterocycles. The lowest BCUT2D eigenvalue weighted by molar-refractivity contribution is 0.0973. The Morgan fingerprint density at radius 2 is 1.78 bits per heavy atom. The van der Waals surface area contributed by atoms with Crippen molar-refractivity contribution in [2.45, 2.75) is 19.4 Å². The number of hydrogen-bond acceptors (Lipinski definition) is 5. The molecule has 4 aromatic rings. The number of benzene rings is 2. The summed E-state index contributed by atoms with van der Waals surface area (Å²) >= 11 is 0. The van der Waals surface area contributed by atoms with E-state index in [0.29, 0.717) is 17.5 Å². The van der Waals surface area contributed by atoms with E-state index in [1.54, 1.807) is 6.07 Å². The Hall–Kier alpha value is -4.14. The van der Waals surface area contributed by atoms with E-state index in [9.17, 15) is 23.2 Å². The number of aryl methyl sites for hydroxylation is 1. The molecule has 7 nitrogen and oxygen atoms in total. The average molecular weight is 437 g/mol. The molecule has 0 atom stereocenters. The normalized spacial score (nSPS) is 10.9. The first kappa shape index (κ1) is 21.1. The molecule has 32 heavy (non-hydrogen) atoms. The third-order valence-corrected chi connectivity index (χ3v) is 4.82. The van der Waals surface area contributed by atoms with Crippen molar-refractivity contribution in [3.05, 3.63) is 104 Å². The van der Waals surface area contributed by atoms with Gasteiger partial charge in [0.1, 0.15) is 17.8 Å². The summed E-state index contributed by atoms with van der Waals surface area (Å²) in [6.07, 6.45) is 1.80. The van der Waals surface area contributed by atoms with E-state index in [4.69, 9.17) is 4.74 Å². The van der Waals surface area contributed by atoms with Gasteiger partial charge in [-0.25, -0.2) is 13.8 Å². The molecule has 0 radical (unpaired) electrons. The smallest absolute Gasteiger partial charge is 0.263 e. The van der Waals surface area contributed by atoms with Crippen molar-refractivity contribution in [1.82, 2.24) is 15.0 Å². The summed E-state index contributed by atoms with van der Waals surface area (Å²) in [6, 6.07) is 10.9. The summed E-state index contributed by atoms with van der Waals surface area (Å²) in [5.41, 5.74) is 0.358. The van der Waals surface area contributed by atoms with E-state index in [2.05, 4.69) is 15.0 Å². The summed E-state index contributed by atoms with van der Waals surface area (Å²) in [7, 11) is 0. The Morgan fingerprint density at radius 1 is 1.00 bits per heavy atom. The van der Waals surface area contributed by atoms with Crippen LogP contribution >= 0.6 is 0 Å². The second kappa shape index (κ2) is 8.93. The SMILES string of the molecule is O=C(CCc1cc[nH]c(=O)c1)c1nc2ccc(F)c(OCc3ccc(F)cc3)c2c(=O)[nH]1. The Kier molecular flexibility index (Phi) is 5.89. The van der Waals surface area contributed by atoms with Gasteiger partial charge in [-0.05, 0) is 47.9 Å². The quantitative estimate of drug-likeness (QED) is 0.432. The number of halogens is 2. The van der Waals surface area contributed by atoms with Crippen LogP contribution in [0.5, 0.6) is 5.75 Å². The molecule has 0 spiro atoms. The number of H-pyrrole nitrogens is 2. The van der Waals surface area contributed by atoms with E-state index in [1.807, 2.05) is 0 Å². The van der Waals surface area contributed by atoms with Gasteiger partial charge in [-0.1, -0.05) is 12.1 Å². The molecule has 4 rings (SSSR count). The first-order chi connectivity index (χ1) is 15.4.